The Bertz CT molecular complexity index is 373. The fourth-order valence-corrected chi connectivity index (χ4v) is 3.11. The third-order valence-electron chi connectivity index (χ3n) is 2.97. The van der Waals surface area contributed by atoms with Crippen molar-refractivity contribution in [3.05, 3.63) is 19.9 Å². The first-order valence-electron chi connectivity index (χ1n) is 5.74. The molecular weight excluding hydrogens is 333 g/mol. The van der Waals surface area contributed by atoms with Gasteiger partial charge in [0.05, 0.1) is 8.45 Å². The van der Waals surface area contributed by atoms with Gasteiger partial charge in [-0.3, -0.25) is 4.79 Å². The zero-order valence-electron chi connectivity index (χ0n) is 9.33. The average molecular weight is 349 g/mol. The van der Waals surface area contributed by atoms with Crippen LogP contribution in [0.25, 0.3) is 0 Å². The van der Waals surface area contributed by atoms with E-state index in [9.17, 15) is 4.79 Å². The van der Waals surface area contributed by atoms with Gasteiger partial charge in [0.15, 0.2) is 0 Å². The Morgan fingerprint density at radius 1 is 1.69 bits per heavy atom. The molecule has 1 amide bonds. The van der Waals surface area contributed by atoms with Gasteiger partial charge in [0, 0.05) is 11.4 Å². The molecule has 0 saturated heterocycles. The van der Waals surface area contributed by atoms with E-state index in [1.54, 1.807) is 11.3 Å². The molecule has 0 spiro atoms. The normalized spacial score (nSPS) is 17.1. The van der Waals surface area contributed by atoms with Crippen LogP contribution >= 0.6 is 33.9 Å². The van der Waals surface area contributed by atoms with Crippen molar-refractivity contribution in [1.29, 1.82) is 0 Å². The van der Waals surface area contributed by atoms with Crippen molar-refractivity contribution in [2.24, 2.45) is 5.92 Å². The van der Waals surface area contributed by atoms with Crippen molar-refractivity contribution < 1.29 is 4.79 Å². The predicted molar refractivity (Wildman–Crippen MR) is 75.9 cm³/mol. The minimum absolute atomic E-state index is 0.0895. The van der Waals surface area contributed by atoms with Crippen molar-refractivity contribution in [1.82, 2.24) is 5.32 Å². The van der Waals surface area contributed by atoms with Crippen molar-refractivity contribution in [3.63, 3.8) is 0 Å². The summed E-state index contributed by atoms with van der Waals surface area (Å²) in [6, 6.07) is 2.31. The summed E-state index contributed by atoms with van der Waals surface area (Å²) in [5.74, 6) is 0.958. The van der Waals surface area contributed by atoms with Crippen LogP contribution in [0.5, 0.6) is 0 Å². The van der Waals surface area contributed by atoms with Gasteiger partial charge in [-0.05, 0) is 47.4 Å². The number of thiophene rings is 1. The summed E-state index contributed by atoms with van der Waals surface area (Å²) < 4.78 is 1.16. The van der Waals surface area contributed by atoms with Crippen LogP contribution in [0, 0.1) is 8.80 Å². The lowest BCUT2D eigenvalue weighted by molar-refractivity contribution is 0.0933. The Labute approximate surface area is 114 Å². The predicted octanol–water partition coefficient (Wildman–Crippen LogP) is 3.66. The third kappa shape index (κ3) is 3.45. The van der Waals surface area contributed by atoms with Crippen molar-refractivity contribution >= 4 is 39.8 Å². The average Bonchev–Trinajstić information content (AvgIpc) is 2.97. The minimum Gasteiger partial charge on any atom is -0.349 e. The molecule has 0 bridgehead atoms. The van der Waals surface area contributed by atoms with Crippen LogP contribution in [-0.2, 0) is 0 Å². The summed E-state index contributed by atoms with van der Waals surface area (Å²) in [4.78, 5) is 11.9. The van der Waals surface area contributed by atoms with E-state index in [2.05, 4.69) is 34.8 Å². The van der Waals surface area contributed by atoms with Crippen LogP contribution in [-0.4, -0.2) is 11.9 Å². The number of rotatable bonds is 5. The van der Waals surface area contributed by atoms with Gasteiger partial charge in [0.1, 0.15) is 0 Å². The van der Waals surface area contributed by atoms with Crippen molar-refractivity contribution in [2.75, 3.05) is 0 Å². The second-order valence-corrected chi connectivity index (χ2v) is 7.20. The van der Waals surface area contributed by atoms with Gasteiger partial charge in [-0.1, -0.05) is 19.8 Å². The van der Waals surface area contributed by atoms with Crippen LogP contribution in [0.3, 0.4) is 0 Å². The number of nitrogens with one attached hydrogen (secondary N) is 1. The molecule has 0 aromatic carbocycles. The standard InChI is InChI=1S/C12H16INOS/c1-2-10(5-8-3-4-8)14-12(15)9-6-11(13)16-7-9/h6-8,10H,2-5H2,1H3,(H,14,15). The topological polar surface area (TPSA) is 29.1 Å². The molecule has 1 heterocycles. The van der Waals surface area contributed by atoms with Gasteiger partial charge < -0.3 is 5.32 Å². The molecule has 1 fully saturated rings. The van der Waals surface area contributed by atoms with E-state index in [0.29, 0.717) is 6.04 Å². The van der Waals surface area contributed by atoms with E-state index in [0.717, 1.165) is 27.2 Å². The first-order chi connectivity index (χ1) is 7.69. The molecule has 2 nitrogen and oxygen atoms in total. The first-order valence-corrected chi connectivity index (χ1v) is 7.69. The van der Waals surface area contributed by atoms with Crippen LogP contribution < -0.4 is 5.32 Å². The molecule has 4 heteroatoms. The van der Waals surface area contributed by atoms with Gasteiger partial charge in [-0.15, -0.1) is 11.3 Å². The summed E-state index contributed by atoms with van der Waals surface area (Å²) in [7, 11) is 0. The largest absolute Gasteiger partial charge is 0.349 e. The lowest BCUT2D eigenvalue weighted by atomic mass is 10.1. The maximum atomic E-state index is 11.9. The lowest BCUT2D eigenvalue weighted by Crippen LogP contribution is -2.34. The summed E-state index contributed by atoms with van der Waals surface area (Å²) in [5, 5.41) is 5.06. The Balaban J connectivity index is 1.89. The molecule has 1 aromatic rings. The summed E-state index contributed by atoms with van der Waals surface area (Å²) in [5.41, 5.74) is 0.809. The second-order valence-electron chi connectivity index (χ2n) is 4.40. The summed E-state index contributed by atoms with van der Waals surface area (Å²) in [6.45, 7) is 2.14. The van der Waals surface area contributed by atoms with Crippen LogP contribution in [0.1, 0.15) is 43.0 Å². The highest BCUT2D eigenvalue weighted by atomic mass is 127. The van der Waals surface area contributed by atoms with Crippen LogP contribution in [0.2, 0.25) is 0 Å². The summed E-state index contributed by atoms with van der Waals surface area (Å²) in [6.07, 6.45) is 4.89. The van der Waals surface area contributed by atoms with E-state index in [4.69, 9.17) is 0 Å². The van der Waals surface area contributed by atoms with Gasteiger partial charge in [-0.2, -0.15) is 0 Å². The Hall–Kier alpha value is -0.100. The highest BCUT2D eigenvalue weighted by Crippen LogP contribution is 2.34. The molecule has 1 N–H and O–H groups in total. The van der Waals surface area contributed by atoms with Gasteiger partial charge in [0.2, 0.25) is 0 Å². The molecule has 1 aromatic heterocycles. The van der Waals surface area contributed by atoms with Crippen LogP contribution in [0.15, 0.2) is 11.4 Å². The number of carbonyl (C=O) groups is 1. The zero-order chi connectivity index (χ0) is 11.5. The molecule has 0 radical (unpaired) electrons. The molecule has 1 aliphatic carbocycles. The van der Waals surface area contributed by atoms with Crippen LogP contribution in [0.4, 0.5) is 0 Å². The van der Waals surface area contributed by atoms with Gasteiger partial charge >= 0.3 is 0 Å². The molecule has 88 valence electrons. The number of hydrogen-bond acceptors (Lipinski definition) is 2. The first kappa shape index (κ1) is 12.4. The fraction of sp³-hybridized carbons (Fsp3) is 0.583. The van der Waals surface area contributed by atoms with Crippen molar-refractivity contribution in [2.45, 2.75) is 38.6 Å². The third-order valence-corrected chi connectivity index (χ3v) is 4.76. The maximum absolute atomic E-state index is 11.9. The molecule has 2 rings (SSSR count). The smallest absolute Gasteiger partial charge is 0.252 e. The molecule has 1 unspecified atom stereocenters. The quantitative estimate of drug-likeness (QED) is 0.808. The Kier molecular flexibility index (Phi) is 4.24. The van der Waals surface area contributed by atoms with Gasteiger partial charge in [-0.25, -0.2) is 0 Å². The lowest BCUT2D eigenvalue weighted by Gasteiger charge is -2.15. The van der Waals surface area contributed by atoms with E-state index in [-0.39, 0.29) is 5.91 Å². The monoisotopic (exact) mass is 349 g/mol. The highest BCUT2D eigenvalue weighted by molar-refractivity contribution is 14.1. The van der Waals surface area contributed by atoms with Gasteiger partial charge in [0.25, 0.3) is 5.91 Å². The zero-order valence-corrected chi connectivity index (χ0v) is 12.3. The fourth-order valence-electron chi connectivity index (χ4n) is 1.78. The number of hydrogen-bond donors (Lipinski definition) is 1. The van der Waals surface area contributed by atoms with E-state index < -0.39 is 0 Å². The molecule has 0 aliphatic heterocycles. The minimum atomic E-state index is 0.0895. The molecule has 1 atom stereocenters. The molecule has 1 saturated carbocycles. The number of carbonyl (C=O) groups excluding carboxylic acids is 1. The SMILES string of the molecule is CCC(CC1CC1)NC(=O)c1csc(I)c1. The molecule has 16 heavy (non-hydrogen) atoms. The Morgan fingerprint density at radius 3 is 2.94 bits per heavy atom. The van der Waals surface area contributed by atoms with E-state index >= 15 is 0 Å². The van der Waals surface area contributed by atoms with E-state index in [1.807, 2.05) is 11.4 Å². The highest BCUT2D eigenvalue weighted by Gasteiger charge is 2.25. The number of halogens is 1. The second kappa shape index (κ2) is 5.49. The van der Waals surface area contributed by atoms with E-state index in [1.165, 1.54) is 12.8 Å². The molecule has 1 aliphatic rings. The maximum Gasteiger partial charge on any atom is 0.252 e. The number of amides is 1. The Morgan fingerprint density at radius 2 is 2.44 bits per heavy atom. The summed E-state index contributed by atoms with van der Waals surface area (Å²) >= 11 is 3.86. The molecular formula is C12H16INOS. The van der Waals surface area contributed by atoms with Crippen molar-refractivity contribution in [3.8, 4) is 0 Å².